The fraction of sp³-hybridized carbons (Fsp3) is 0.316. The zero-order valence-electron chi connectivity index (χ0n) is 15.3. The lowest BCUT2D eigenvalue weighted by atomic mass is 10.2. The van der Waals surface area contributed by atoms with Crippen molar-refractivity contribution >= 4 is 50.8 Å². The van der Waals surface area contributed by atoms with E-state index in [1.165, 1.54) is 23.1 Å². The van der Waals surface area contributed by atoms with Gasteiger partial charge in [0.25, 0.3) is 5.56 Å². The highest BCUT2D eigenvalue weighted by atomic mass is 35.5. The van der Waals surface area contributed by atoms with Crippen LogP contribution in [0.4, 0.5) is 0 Å². The Bertz CT molecular complexity index is 1050. The van der Waals surface area contributed by atoms with Crippen LogP contribution in [-0.4, -0.2) is 21.1 Å². The molecule has 0 spiro atoms. The summed E-state index contributed by atoms with van der Waals surface area (Å²) in [5.41, 5.74) is 1.74. The van der Waals surface area contributed by atoms with Crippen LogP contribution in [0.2, 0.25) is 5.02 Å². The minimum Gasteiger partial charge on any atom is -0.351 e. The number of carbonyl (C=O) groups is 1. The number of hydrogen-bond donors (Lipinski definition) is 2. The lowest BCUT2D eigenvalue weighted by Gasteiger charge is -2.12. The van der Waals surface area contributed by atoms with Crippen molar-refractivity contribution in [2.45, 2.75) is 38.3 Å². The normalized spacial score (nSPS) is 12.3. The highest BCUT2D eigenvalue weighted by Crippen LogP contribution is 2.26. The summed E-state index contributed by atoms with van der Waals surface area (Å²) in [6.07, 6.45) is 0. The molecule has 0 aliphatic rings. The van der Waals surface area contributed by atoms with Crippen LogP contribution in [0.25, 0.3) is 10.2 Å². The number of benzene rings is 1. The van der Waals surface area contributed by atoms with Gasteiger partial charge in [0.1, 0.15) is 10.7 Å². The van der Waals surface area contributed by atoms with Gasteiger partial charge in [-0.25, -0.2) is 4.98 Å². The van der Waals surface area contributed by atoms with E-state index >= 15 is 0 Å². The standard InChI is InChI=1S/C19H20ClN3O2S2/c1-10-11(2)27-19-16(10)18(25)22-15(23-19)9-26-12(3)17(24)21-8-13-6-4-5-7-14(13)20/h4-7,12H,8-9H2,1-3H3,(H,21,24)(H,22,23,25). The number of nitrogens with zero attached hydrogens (tertiary/aromatic N) is 1. The third-order valence-electron chi connectivity index (χ3n) is 4.34. The number of aryl methyl sites for hydroxylation is 2. The van der Waals surface area contributed by atoms with E-state index in [-0.39, 0.29) is 16.7 Å². The summed E-state index contributed by atoms with van der Waals surface area (Å²) in [5.74, 6) is 0.970. The van der Waals surface area contributed by atoms with Crippen molar-refractivity contribution in [3.63, 3.8) is 0 Å². The van der Waals surface area contributed by atoms with E-state index in [1.54, 1.807) is 6.07 Å². The highest BCUT2D eigenvalue weighted by Gasteiger charge is 2.16. The molecule has 1 amide bonds. The van der Waals surface area contributed by atoms with Gasteiger partial charge in [0, 0.05) is 16.4 Å². The summed E-state index contributed by atoms with van der Waals surface area (Å²) in [5, 5.41) is 3.91. The summed E-state index contributed by atoms with van der Waals surface area (Å²) < 4.78 is 0. The summed E-state index contributed by atoms with van der Waals surface area (Å²) in [4.78, 5) is 33.9. The molecule has 5 nitrogen and oxygen atoms in total. The second kappa shape index (κ2) is 8.46. The van der Waals surface area contributed by atoms with Gasteiger partial charge in [-0.2, -0.15) is 0 Å². The molecule has 0 saturated carbocycles. The van der Waals surface area contributed by atoms with E-state index in [0.29, 0.717) is 28.5 Å². The number of rotatable bonds is 6. The molecule has 0 aliphatic carbocycles. The molecular weight excluding hydrogens is 402 g/mol. The monoisotopic (exact) mass is 421 g/mol. The molecule has 0 radical (unpaired) electrons. The van der Waals surface area contributed by atoms with Gasteiger partial charge < -0.3 is 10.3 Å². The number of nitrogens with one attached hydrogen (secondary N) is 2. The van der Waals surface area contributed by atoms with Gasteiger partial charge in [-0.15, -0.1) is 23.1 Å². The van der Waals surface area contributed by atoms with Crippen molar-refractivity contribution in [3.05, 3.63) is 61.5 Å². The zero-order valence-corrected chi connectivity index (χ0v) is 17.6. The van der Waals surface area contributed by atoms with Crippen molar-refractivity contribution in [3.8, 4) is 0 Å². The molecule has 3 rings (SSSR count). The van der Waals surface area contributed by atoms with Gasteiger partial charge >= 0.3 is 0 Å². The predicted molar refractivity (Wildman–Crippen MR) is 114 cm³/mol. The van der Waals surface area contributed by atoms with Gasteiger partial charge in [-0.05, 0) is 38.0 Å². The van der Waals surface area contributed by atoms with Crippen LogP contribution in [-0.2, 0) is 17.1 Å². The molecular formula is C19H20ClN3O2S2. The minimum atomic E-state index is -0.278. The number of amides is 1. The Balaban J connectivity index is 1.61. The first-order chi connectivity index (χ1) is 12.9. The van der Waals surface area contributed by atoms with Crippen LogP contribution in [0, 0.1) is 13.8 Å². The molecule has 142 valence electrons. The van der Waals surface area contributed by atoms with E-state index in [4.69, 9.17) is 11.6 Å². The lowest BCUT2D eigenvalue weighted by molar-refractivity contribution is -0.120. The van der Waals surface area contributed by atoms with Crippen LogP contribution >= 0.6 is 34.7 Å². The molecule has 2 heterocycles. The van der Waals surface area contributed by atoms with Gasteiger partial charge in [-0.1, -0.05) is 29.8 Å². The second-order valence-electron chi connectivity index (χ2n) is 6.24. The first-order valence-electron chi connectivity index (χ1n) is 8.48. The molecule has 0 saturated heterocycles. The van der Waals surface area contributed by atoms with Gasteiger partial charge in [-0.3, -0.25) is 9.59 Å². The molecule has 0 bridgehead atoms. The number of H-pyrrole nitrogens is 1. The number of fused-ring (bicyclic) bond motifs is 1. The lowest BCUT2D eigenvalue weighted by Crippen LogP contribution is -2.30. The van der Waals surface area contributed by atoms with Crippen LogP contribution in [0.1, 0.15) is 28.8 Å². The summed E-state index contributed by atoms with van der Waals surface area (Å²) in [6.45, 7) is 6.15. The maximum absolute atomic E-state index is 12.3. The summed E-state index contributed by atoms with van der Waals surface area (Å²) in [6, 6.07) is 7.42. The number of aromatic nitrogens is 2. The van der Waals surface area contributed by atoms with E-state index < -0.39 is 0 Å². The number of hydrogen-bond acceptors (Lipinski definition) is 5. The van der Waals surface area contributed by atoms with E-state index in [1.807, 2.05) is 39.0 Å². The van der Waals surface area contributed by atoms with Crippen molar-refractivity contribution in [2.75, 3.05) is 0 Å². The fourth-order valence-electron chi connectivity index (χ4n) is 2.62. The Morgan fingerprint density at radius 3 is 2.85 bits per heavy atom. The van der Waals surface area contributed by atoms with Crippen molar-refractivity contribution in [2.24, 2.45) is 0 Å². The Labute approximate surface area is 170 Å². The smallest absolute Gasteiger partial charge is 0.259 e. The van der Waals surface area contributed by atoms with Crippen LogP contribution in [0.5, 0.6) is 0 Å². The average molecular weight is 422 g/mol. The zero-order chi connectivity index (χ0) is 19.6. The molecule has 8 heteroatoms. The summed E-state index contributed by atoms with van der Waals surface area (Å²) >= 11 is 9.06. The van der Waals surface area contributed by atoms with Gasteiger partial charge in [0.05, 0.1) is 16.4 Å². The van der Waals surface area contributed by atoms with Crippen LogP contribution < -0.4 is 10.9 Å². The minimum absolute atomic E-state index is 0.0776. The quantitative estimate of drug-likeness (QED) is 0.625. The third-order valence-corrected chi connectivity index (χ3v) is 6.96. The van der Waals surface area contributed by atoms with Gasteiger partial charge in [0.2, 0.25) is 5.91 Å². The number of halogens is 1. The number of aromatic amines is 1. The molecule has 2 aromatic heterocycles. The average Bonchev–Trinajstić information content (AvgIpc) is 2.93. The molecule has 0 aliphatic heterocycles. The first kappa shape index (κ1) is 19.9. The topological polar surface area (TPSA) is 74.8 Å². The first-order valence-corrected chi connectivity index (χ1v) is 10.7. The number of thiophene rings is 1. The molecule has 1 unspecified atom stereocenters. The number of thioether (sulfide) groups is 1. The Morgan fingerprint density at radius 2 is 2.11 bits per heavy atom. The molecule has 27 heavy (non-hydrogen) atoms. The molecule has 1 atom stereocenters. The molecule has 0 fully saturated rings. The summed E-state index contributed by atoms with van der Waals surface area (Å²) in [7, 11) is 0. The van der Waals surface area contributed by atoms with Crippen molar-refractivity contribution in [1.29, 1.82) is 0 Å². The molecule has 1 aromatic carbocycles. The van der Waals surface area contributed by atoms with E-state index in [2.05, 4.69) is 15.3 Å². The second-order valence-corrected chi connectivity index (χ2v) is 9.18. The van der Waals surface area contributed by atoms with Crippen LogP contribution in [0.15, 0.2) is 29.1 Å². The SMILES string of the molecule is Cc1sc2nc(CSC(C)C(=O)NCc3ccccc3Cl)[nH]c(=O)c2c1C. The van der Waals surface area contributed by atoms with Gasteiger partial charge in [0.15, 0.2) is 0 Å². The molecule has 3 aromatic rings. The molecule has 2 N–H and O–H groups in total. The van der Waals surface area contributed by atoms with Crippen molar-refractivity contribution < 1.29 is 4.79 Å². The largest absolute Gasteiger partial charge is 0.351 e. The van der Waals surface area contributed by atoms with Crippen LogP contribution in [0.3, 0.4) is 0 Å². The predicted octanol–water partition coefficient (Wildman–Crippen LogP) is 4.19. The fourth-order valence-corrected chi connectivity index (χ4v) is 4.65. The van der Waals surface area contributed by atoms with E-state index in [0.717, 1.165) is 20.8 Å². The third kappa shape index (κ3) is 4.54. The Morgan fingerprint density at radius 1 is 1.37 bits per heavy atom. The Hall–Kier alpha value is -1.83. The van der Waals surface area contributed by atoms with Crippen molar-refractivity contribution in [1.82, 2.24) is 15.3 Å². The highest BCUT2D eigenvalue weighted by molar-refractivity contribution is 7.99. The maximum Gasteiger partial charge on any atom is 0.259 e. The Kier molecular flexibility index (Phi) is 6.24. The van der Waals surface area contributed by atoms with E-state index in [9.17, 15) is 9.59 Å². The maximum atomic E-state index is 12.3. The number of carbonyl (C=O) groups excluding carboxylic acids is 1.